The third kappa shape index (κ3) is 2.78. The Morgan fingerprint density at radius 2 is 2.05 bits per heavy atom. The number of carbonyl (C=O) groups is 1. The van der Waals surface area contributed by atoms with E-state index >= 15 is 0 Å². The van der Waals surface area contributed by atoms with Crippen LogP contribution in [0, 0.1) is 18.2 Å². The van der Waals surface area contributed by atoms with E-state index in [1.165, 1.54) is 19.2 Å². The summed E-state index contributed by atoms with van der Waals surface area (Å²) in [6.45, 7) is 1.14. The van der Waals surface area contributed by atoms with Crippen molar-refractivity contribution in [3.8, 4) is 0 Å². The summed E-state index contributed by atoms with van der Waals surface area (Å²) < 4.78 is 43.9. The lowest BCUT2D eigenvalue weighted by Crippen LogP contribution is -2.63. The van der Waals surface area contributed by atoms with Crippen molar-refractivity contribution in [1.82, 2.24) is 4.31 Å². The van der Waals surface area contributed by atoms with Gasteiger partial charge in [-0.25, -0.2) is 12.8 Å². The van der Waals surface area contributed by atoms with Crippen molar-refractivity contribution in [2.45, 2.75) is 11.8 Å². The number of sulfonamides is 1. The van der Waals surface area contributed by atoms with Crippen molar-refractivity contribution in [3.63, 3.8) is 0 Å². The number of halogens is 1. The predicted molar refractivity (Wildman–Crippen MR) is 71.8 cm³/mol. The van der Waals surface area contributed by atoms with Crippen LogP contribution >= 0.6 is 0 Å². The molecule has 6 nitrogen and oxygen atoms in total. The topological polar surface area (TPSA) is 83.9 Å². The summed E-state index contributed by atoms with van der Waals surface area (Å²) in [6.07, 6.45) is 0. The van der Waals surface area contributed by atoms with E-state index < -0.39 is 27.2 Å². The van der Waals surface area contributed by atoms with Crippen LogP contribution in [0.15, 0.2) is 23.1 Å². The molecular formula is C13H16FNO5S. The molecular weight excluding hydrogens is 301 g/mol. The average Bonchev–Trinajstić information content (AvgIpc) is 2.31. The van der Waals surface area contributed by atoms with Crippen molar-refractivity contribution < 1.29 is 27.4 Å². The third-order valence-electron chi connectivity index (χ3n) is 3.49. The standard InChI is InChI=1S/C13H16FNO5S/c1-9-3-10(14)5-11(4-9)21(18,19)15-6-13(7-15,8-20-2)12(16)17/h3-5H,6-8H2,1-2H3,(H,16,17). The van der Waals surface area contributed by atoms with Crippen molar-refractivity contribution in [1.29, 1.82) is 0 Å². The molecule has 0 aromatic heterocycles. The molecule has 1 saturated heterocycles. The van der Waals surface area contributed by atoms with Gasteiger partial charge in [-0.05, 0) is 30.7 Å². The molecule has 1 aliphatic heterocycles. The smallest absolute Gasteiger partial charge is 0.314 e. The Morgan fingerprint density at radius 1 is 1.43 bits per heavy atom. The number of methoxy groups -OCH3 is 1. The molecule has 0 amide bonds. The first-order valence-electron chi connectivity index (χ1n) is 6.21. The van der Waals surface area contributed by atoms with Crippen molar-refractivity contribution in [3.05, 3.63) is 29.6 Å². The van der Waals surface area contributed by atoms with Crippen molar-refractivity contribution in [2.24, 2.45) is 5.41 Å². The van der Waals surface area contributed by atoms with Crippen LogP contribution < -0.4 is 0 Å². The zero-order valence-electron chi connectivity index (χ0n) is 11.7. The highest BCUT2D eigenvalue weighted by Gasteiger charge is 2.54. The molecule has 0 spiro atoms. The summed E-state index contributed by atoms with van der Waals surface area (Å²) >= 11 is 0. The molecule has 2 rings (SSSR count). The van der Waals surface area contributed by atoms with Gasteiger partial charge >= 0.3 is 5.97 Å². The van der Waals surface area contributed by atoms with E-state index in [-0.39, 0.29) is 24.6 Å². The molecule has 116 valence electrons. The van der Waals surface area contributed by atoms with E-state index in [0.717, 1.165) is 10.4 Å². The third-order valence-corrected chi connectivity index (χ3v) is 5.26. The second-order valence-electron chi connectivity index (χ2n) is 5.26. The maximum absolute atomic E-state index is 13.3. The number of carboxylic acid groups (broad SMARTS) is 1. The fourth-order valence-corrected chi connectivity index (χ4v) is 4.09. The van der Waals surface area contributed by atoms with Gasteiger partial charge in [-0.3, -0.25) is 4.79 Å². The minimum absolute atomic E-state index is 0.0729. The van der Waals surface area contributed by atoms with Gasteiger partial charge in [0.05, 0.1) is 11.5 Å². The van der Waals surface area contributed by atoms with Crippen LogP contribution in [0.4, 0.5) is 4.39 Å². The molecule has 1 aromatic carbocycles. The van der Waals surface area contributed by atoms with Crippen LogP contribution in [0.5, 0.6) is 0 Å². The minimum atomic E-state index is -3.90. The highest BCUT2D eigenvalue weighted by molar-refractivity contribution is 7.89. The Morgan fingerprint density at radius 3 is 2.52 bits per heavy atom. The fraction of sp³-hybridized carbons (Fsp3) is 0.462. The highest BCUT2D eigenvalue weighted by atomic mass is 32.2. The molecule has 0 unspecified atom stereocenters. The molecule has 0 saturated carbocycles. The van der Waals surface area contributed by atoms with Gasteiger partial charge in [0.25, 0.3) is 0 Å². The SMILES string of the molecule is COCC1(C(=O)O)CN(S(=O)(=O)c2cc(C)cc(F)c2)C1. The van der Waals surface area contributed by atoms with Crippen LogP contribution in [0.3, 0.4) is 0 Å². The van der Waals surface area contributed by atoms with Gasteiger partial charge in [-0.2, -0.15) is 4.31 Å². The Balaban J connectivity index is 2.26. The molecule has 1 heterocycles. The lowest BCUT2D eigenvalue weighted by atomic mass is 9.83. The molecule has 0 bridgehead atoms. The number of rotatable bonds is 5. The van der Waals surface area contributed by atoms with Crippen LogP contribution in [0.2, 0.25) is 0 Å². The highest BCUT2D eigenvalue weighted by Crippen LogP contribution is 2.35. The summed E-state index contributed by atoms with van der Waals surface area (Å²) in [5, 5.41) is 9.20. The predicted octanol–water partition coefficient (Wildman–Crippen LogP) is 0.856. The molecule has 1 aliphatic rings. The Bertz CT molecular complexity index is 647. The average molecular weight is 317 g/mol. The number of ether oxygens (including phenoxy) is 1. The molecule has 21 heavy (non-hydrogen) atoms. The fourth-order valence-electron chi connectivity index (χ4n) is 2.36. The normalized spacial score (nSPS) is 18.2. The van der Waals surface area contributed by atoms with Crippen LogP contribution in [0.1, 0.15) is 5.56 Å². The first kappa shape index (κ1) is 15.9. The van der Waals surface area contributed by atoms with E-state index in [9.17, 15) is 22.7 Å². The van der Waals surface area contributed by atoms with Gasteiger partial charge in [-0.15, -0.1) is 0 Å². The van der Waals surface area contributed by atoms with Gasteiger partial charge in [0.15, 0.2) is 0 Å². The number of aliphatic carboxylic acids is 1. The summed E-state index contributed by atoms with van der Waals surface area (Å²) in [4.78, 5) is 11.1. The molecule has 0 radical (unpaired) electrons. The zero-order valence-corrected chi connectivity index (χ0v) is 12.5. The monoisotopic (exact) mass is 317 g/mol. The maximum Gasteiger partial charge on any atom is 0.314 e. The lowest BCUT2D eigenvalue weighted by Gasteiger charge is -2.45. The number of aryl methyl sites for hydroxylation is 1. The number of hydrogen-bond donors (Lipinski definition) is 1. The van der Waals surface area contributed by atoms with Crippen molar-refractivity contribution >= 4 is 16.0 Å². The minimum Gasteiger partial charge on any atom is -0.481 e. The van der Waals surface area contributed by atoms with E-state index in [1.807, 2.05) is 0 Å². The Kier molecular flexibility index (Phi) is 4.05. The van der Waals surface area contributed by atoms with Gasteiger partial charge < -0.3 is 9.84 Å². The van der Waals surface area contributed by atoms with E-state index in [2.05, 4.69) is 0 Å². The van der Waals surface area contributed by atoms with Crippen molar-refractivity contribution in [2.75, 3.05) is 26.8 Å². The van der Waals surface area contributed by atoms with Crippen LogP contribution in [-0.4, -0.2) is 50.6 Å². The van der Waals surface area contributed by atoms with Crippen LogP contribution in [0.25, 0.3) is 0 Å². The first-order valence-corrected chi connectivity index (χ1v) is 7.65. The number of benzene rings is 1. The largest absolute Gasteiger partial charge is 0.481 e. The maximum atomic E-state index is 13.3. The summed E-state index contributed by atoms with van der Waals surface area (Å²) in [5.41, 5.74) is -0.750. The van der Waals surface area contributed by atoms with E-state index in [4.69, 9.17) is 4.74 Å². The summed E-state index contributed by atoms with van der Waals surface area (Å²) in [7, 11) is -2.54. The van der Waals surface area contributed by atoms with Gasteiger partial charge in [0.2, 0.25) is 10.0 Å². The quantitative estimate of drug-likeness (QED) is 0.870. The summed E-state index contributed by atoms with van der Waals surface area (Å²) in [6, 6.07) is 3.51. The molecule has 1 N–H and O–H groups in total. The zero-order chi connectivity index (χ0) is 15.8. The molecule has 1 aromatic rings. The van der Waals surface area contributed by atoms with Gasteiger partial charge in [0, 0.05) is 20.2 Å². The van der Waals surface area contributed by atoms with Gasteiger partial charge in [0.1, 0.15) is 11.2 Å². The van der Waals surface area contributed by atoms with Gasteiger partial charge in [-0.1, -0.05) is 0 Å². The molecule has 0 atom stereocenters. The molecule has 1 fully saturated rings. The number of nitrogens with zero attached hydrogens (tertiary/aromatic N) is 1. The first-order chi connectivity index (χ1) is 9.71. The number of hydrogen-bond acceptors (Lipinski definition) is 4. The second-order valence-corrected chi connectivity index (χ2v) is 7.19. The summed E-state index contributed by atoms with van der Waals surface area (Å²) in [5.74, 6) is -1.75. The van der Waals surface area contributed by atoms with E-state index in [0.29, 0.717) is 5.56 Å². The Labute approximate surface area is 122 Å². The molecule has 8 heteroatoms. The van der Waals surface area contributed by atoms with Crippen LogP contribution in [-0.2, 0) is 19.6 Å². The van der Waals surface area contributed by atoms with E-state index in [1.54, 1.807) is 6.92 Å². The second kappa shape index (κ2) is 5.36. The Hall–Kier alpha value is -1.51. The number of carboxylic acids is 1. The lowest BCUT2D eigenvalue weighted by molar-refractivity contribution is -0.161. The molecule has 0 aliphatic carbocycles.